The van der Waals surface area contributed by atoms with E-state index in [4.69, 9.17) is 4.98 Å². The van der Waals surface area contributed by atoms with Gasteiger partial charge in [0.1, 0.15) is 0 Å². The predicted molar refractivity (Wildman–Crippen MR) is 113 cm³/mol. The molecule has 28 heavy (non-hydrogen) atoms. The Labute approximate surface area is 165 Å². The number of benzene rings is 2. The molecule has 0 radical (unpaired) electrons. The van der Waals surface area contributed by atoms with Crippen LogP contribution in [0.25, 0.3) is 11.0 Å². The molecule has 0 aliphatic carbocycles. The summed E-state index contributed by atoms with van der Waals surface area (Å²) < 4.78 is 1.73. The number of hydrogen-bond acceptors (Lipinski definition) is 4. The summed E-state index contributed by atoms with van der Waals surface area (Å²) in [5.41, 5.74) is 3.00. The molecular weight excluding hydrogens is 350 g/mol. The number of nitrogens with one attached hydrogen (secondary N) is 2. The highest BCUT2D eigenvalue weighted by atomic mass is 16.2. The second-order valence-corrected chi connectivity index (χ2v) is 7.28. The molecule has 2 N–H and O–H groups in total. The maximum Gasteiger partial charge on any atom is 0.328 e. The second kappa shape index (κ2) is 8.44. The first-order valence-electron chi connectivity index (χ1n) is 9.98. The maximum absolute atomic E-state index is 13.0. The van der Waals surface area contributed by atoms with Crippen LogP contribution in [0.4, 0.5) is 10.7 Å². The Bertz CT molecular complexity index is 937. The normalized spacial score (nSPS) is 16.6. The number of rotatable bonds is 6. The van der Waals surface area contributed by atoms with Crippen LogP contribution in [-0.2, 0) is 6.42 Å². The zero-order valence-electron chi connectivity index (χ0n) is 16.3. The number of carbonyl (C=O) groups excluding carboxylic acids is 1. The Kier molecular flexibility index (Phi) is 5.58. The van der Waals surface area contributed by atoms with E-state index >= 15 is 0 Å². The fourth-order valence-corrected chi connectivity index (χ4v) is 3.81. The number of aromatic nitrogens is 2. The van der Waals surface area contributed by atoms with Gasteiger partial charge in [0.15, 0.2) is 0 Å². The van der Waals surface area contributed by atoms with Gasteiger partial charge in [-0.25, -0.2) is 14.3 Å². The zero-order chi connectivity index (χ0) is 19.3. The van der Waals surface area contributed by atoms with Crippen LogP contribution in [0.15, 0.2) is 54.6 Å². The third kappa shape index (κ3) is 3.87. The summed E-state index contributed by atoms with van der Waals surface area (Å²) in [5.74, 6) is 0.736. The fourth-order valence-electron chi connectivity index (χ4n) is 3.81. The molecule has 1 unspecified atom stereocenters. The van der Waals surface area contributed by atoms with Gasteiger partial charge in [-0.15, -0.1) is 0 Å². The van der Waals surface area contributed by atoms with Crippen LogP contribution < -0.4 is 15.5 Å². The molecule has 1 atom stereocenters. The van der Waals surface area contributed by atoms with Crippen molar-refractivity contribution in [2.45, 2.75) is 25.3 Å². The van der Waals surface area contributed by atoms with Gasteiger partial charge in [-0.1, -0.05) is 42.5 Å². The third-order valence-corrected chi connectivity index (χ3v) is 5.39. The largest absolute Gasteiger partial charge is 0.340 e. The van der Waals surface area contributed by atoms with E-state index in [1.54, 1.807) is 4.57 Å². The Balaban J connectivity index is 1.48. The van der Waals surface area contributed by atoms with Gasteiger partial charge in [0.05, 0.1) is 11.0 Å². The Morgan fingerprint density at radius 1 is 1.14 bits per heavy atom. The second-order valence-electron chi connectivity index (χ2n) is 7.28. The van der Waals surface area contributed by atoms with E-state index in [2.05, 4.69) is 27.7 Å². The van der Waals surface area contributed by atoms with Crippen molar-refractivity contribution in [2.75, 3.05) is 31.6 Å². The third-order valence-electron chi connectivity index (χ3n) is 5.39. The molecule has 1 amide bonds. The SMILES string of the molecule is CNC1CCN(c2nc3ccccc3n2C(=O)NCCCc2ccccc2)C1. The van der Waals surface area contributed by atoms with E-state index in [1.165, 1.54) is 5.56 Å². The van der Waals surface area contributed by atoms with Crippen molar-refractivity contribution in [3.05, 3.63) is 60.2 Å². The number of amides is 1. The number of aryl methyl sites for hydroxylation is 1. The molecule has 6 heteroatoms. The van der Waals surface area contributed by atoms with E-state index in [-0.39, 0.29) is 6.03 Å². The first-order valence-corrected chi connectivity index (χ1v) is 9.98. The van der Waals surface area contributed by atoms with Crippen LogP contribution in [0.5, 0.6) is 0 Å². The summed E-state index contributed by atoms with van der Waals surface area (Å²) in [5, 5.41) is 6.40. The van der Waals surface area contributed by atoms with Crippen LogP contribution in [0.3, 0.4) is 0 Å². The molecule has 0 saturated carbocycles. The van der Waals surface area contributed by atoms with Crippen molar-refractivity contribution in [1.29, 1.82) is 0 Å². The van der Waals surface area contributed by atoms with Crippen molar-refractivity contribution in [2.24, 2.45) is 0 Å². The number of imidazole rings is 1. The summed E-state index contributed by atoms with van der Waals surface area (Å²) in [6.45, 7) is 2.40. The summed E-state index contributed by atoms with van der Waals surface area (Å²) in [7, 11) is 1.98. The Morgan fingerprint density at radius 3 is 2.71 bits per heavy atom. The number of nitrogens with zero attached hydrogens (tertiary/aromatic N) is 3. The monoisotopic (exact) mass is 377 g/mol. The first kappa shape index (κ1) is 18.5. The number of carbonyl (C=O) groups is 1. The minimum absolute atomic E-state index is 0.107. The number of fused-ring (bicyclic) bond motifs is 1. The lowest BCUT2D eigenvalue weighted by atomic mass is 10.1. The minimum atomic E-state index is -0.107. The van der Waals surface area contributed by atoms with Crippen molar-refractivity contribution in [1.82, 2.24) is 20.2 Å². The molecule has 2 aromatic carbocycles. The van der Waals surface area contributed by atoms with Gasteiger partial charge in [0.25, 0.3) is 0 Å². The van der Waals surface area contributed by atoms with Crippen molar-refractivity contribution < 1.29 is 4.79 Å². The molecule has 3 aromatic rings. The minimum Gasteiger partial charge on any atom is -0.340 e. The highest BCUT2D eigenvalue weighted by molar-refractivity contribution is 5.93. The number of anilines is 1. The van der Waals surface area contributed by atoms with Gasteiger partial charge in [-0.05, 0) is 44.0 Å². The Morgan fingerprint density at radius 2 is 1.93 bits per heavy atom. The van der Waals surface area contributed by atoms with Crippen LogP contribution >= 0.6 is 0 Å². The molecule has 1 aromatic heterocycles. The molecule has 2 heterocycles. The average Bonchev–Trinajstić information content (AvgIpc) is 3.36. The summed E-state index contributed by atoms with van der Waals surface area (Å²) in [6.07, 6.45) is 2.91. The number of likely N-dealkylation sites (N-methyl/N-ethyl adjacent to an activating group) is 1. The number of hydrogen-bond donors (Lipinski definition) is 2. The molecule has 1 aliphatic heterocycles. The summed E-state index contributed by atoms with van der Waals surface area (Å²) >= 11 is 0. The van der Waals surface area contributed by atoms with Gasteiger partial charge in [0, 0.05) is 25.7 Å². The van der Waals surface area contributed by atoms with Gasteiger partial charge in [-0.2, -0.15) is 0 Å². The fraction of sp³-hybridized carbons (Fsp3) is 0.364. The first-order chi connectivity index (χ1) is 13.8. The van der Waals surface area contributed by atoms with E-state index < -0.39 is 0 Å². The van der Waals surface area contributed by atoms with Crippen molar-refractivity contribution >= 4 is 23.0 Å². The molecule has 1 aliphatic rings. The molecule has 0 spiro atoms. The lowest BCUT2D eigenvalue weighted by Crippen LogP contribution is -2.35. The molecule has 4 rings (SSSR count). The smallest absolute Gasteiger partial charge is 0.328 e. The zero-order valence-corrected chi connectivity index (χ0v) is 16.3. The standard InChI is InChI=1S/C22H27N5O/c1-23-18-13-15-26(16-18)21-25-19-11-5-6-12-20(19)27(21)22(28)24-14-7-10-17-8-3-2-4-9-17/h2-6,8-9,11-12,18,23H,7,10,13-16H2,1H3,(H,24,28). The molecule has 6 nitrogen and oxygen atoms in total. The highest BCUT2D eigenvalue weighted by Crippen LogP contribution is 2.25. The highest BCUT2D eigenvalue weighted by Gasteiger charge is 2.27. The molecular formula is C22H27N5O. The summed E-state index contributed by atoms with van der Waals surface area (Å²) in [6, 6.07) is 18.5. The van der Waals surface area contributed by atoms with Gasteiger partial charge in [0.2, 0.25) is 5.95 Å². The van der Waals surface area contributed by atoms with Crippen LogP contribution in [0.1, 0.15) is 18.4 Å². The summed E-state index contributed by atoms with van der Waals surface area (Å²) in [4.78, 5) is 20.0. The van der Waals surface area contributed by atoms with Crippen LogP contribution in [0.2, 0.25) is 0 Å². The van der Waals surface area contributed by atoms with E-state index in [1.807, 2.05) is 49.5 Å². The van der Waals surface area contributed by atoms with Gasteiger partial charge < -0.3 is 15.5 Å². The maximum atomic E-state index is 13.0. The molecule has 146 valence electrons. The molecule has 1 saturated heterocycles. The predicted octanol–water partition coefficient (Wildman–Crippen LogP) is 3.02. The van der Waals surface area contributed by atoms with Crippen molar-refractivity contribution in [3.63, 3.8) is 0 Å². The number of para-hydroxylation sites is 2. The lowest BCUT2D eigenvalue weighted by Gasteiger charge is -2.19. The average molecular weight is 377 g/mol. The lowest BCUT2D eigenvalue weighted by molar-refractivity contribution is 0.243. The van der Waals surface area contributed by atoms with Gasteiger partial charge >= 0.3 is 6.03 Å². The quantitative estimate of drug-likeness (QED) is 0.648. The molecule has 1 fully saturated rings. The van der Waals surface area contributed by atoms with Crippen molar-refractivity contribution in [3.8, 4) is 0 Å². The van der Waals surface area contributed by atoms with Crippen LogP contribution in [0, 0.1) is 0 Å². The van der Waals surface area contributed by atoms with E-state index in [0.717, 1.165) is 49.3 Å². The van der Waals surface area contributed by atoms with E-state index in [0.29, 0.717) is 12.6 Å². The topological polar surface area (TPSA) is 62.2 Å². The van der Waals surface area contributed by atoms with Crippen LogP contribution in [-0.4, -0.2) is 48.3 Å². The van der Waals surface area contributed by atoms with E-state index in [9.17, 15) is 4.79 Å². The van der Waals surface area contributed by atoms with Gasteiger partial charge in [-0.3, -0.25) is 0 Å². The Hall–Kier alpha value is -2.86. The molecule has 0 bridgehead atoms.